The highest BCUT2D eigenvalue weighted by molar-refractivity contribution is 8.00. The van der Waals surface area contributed by atoms with E-state index in [1.807, 2.05) is 41.7 Å². The molecule has 1 heterocycles. The number of carbonyl (C=O) groups excluding carboxylic acids is 1. The number of esters is 1. The summed E-state index contributed by atoms with van der Waals surface area (Å²) in [6.45, 7) is 0.641. The third-order valence-corrected chi connectivity index (χ3v) is 6.29. The van der Waals surface area contributed by atoms with Crippen molar-refractivity contribution in [2.75, 3.05) is 19.4 Å². The minimum absolute atomic E-state index is 0.198. The van der Waals surface area contributed by atoms with Gasteiger partial charge in [-0.15, -0.1) is 23.5 Å². The van der Waals surface area contributed by atoms with Gasteiger partial charge in [-0.25, -0.2) is 4.79 Å². The molecule has 2 aromatic carbocycles. The SMILES string of the molecule is COC(=O)c1ccc2c(c1)C(SCCN)c1ccccc1CS2. The first-order valence-corrected chi connectivity index (χ1v) is 9.52. The van der Waals surface area contributed by atoms with Crippen molar-refractivity contribution >= 4 is 29.5 Å². The zero-order valence-electron chi connectivity index (χ0n) is 13.0. The quantitative estimate of drug-likeness (QED) is 0.853. The van der Waals surface area contributed by atoms with Crippen LogP contribution in [-0.2, 0) is 10.5 Å². The number of benzene rings is 2. The van der Waals surface area contributed by atoms with Crippen LogP contribution in [-0.4, -0.2) is 25.4 Å². The molecule has 0 amide bonds. The molecule has 0 radical (unpaired) electrons. The van der Waals surface area contributed by atoms with E-state index in [0.717, 1.165) is 11.5 Å². The summed E-state index contributed by atoms with van der Waals surface area (Å²) in [6.07, 6.45) is 0. The van der Waals surface area contributed by atoms with Crippen LogP contribution in [0.2, 0.25) is 0 Å². The Balaban J connectivity index is 2.10. The van der Waals surface area contributed by atoms with Gasteiger partial charge in [0.15, 0.2) is 0 Å². The lowest BCUT2D eigenvalue weighted by Crippen LogP contribution is -2.08. The molecule has 23 heavy (non-hydrogen) atoms. The molecule has 0 spiro atoms. The molecule has 0 aliphatic carbocycles. The Morgan fingerprint density at radius 2 is 2.13 bits per heavy atom. The van der Waals surface area contributed by atoms with Crippen LogP contribution in [0.15, 0.2) is 47.4 Å². The lowest BCUT2D eigenvalue weighted by Gasteiger charge is -2.20. The topological polar surface area (TPSA) is 52.3 Å². The maximum atomic E-state index is 11.9. The lowest BCUT2D eigenvalue weighted by atomic mass is 9.98. The summed E-state index contributed by atoms with van der Waals surface area (Å²) in [5.74, 6) is 1.53. The molecule has 3 nitrogen and oxygen atoms in total. The van der Waals surface area contributed by atoms with Gasteiger partial charge in [-0.2, -0.15) is 0 Å². The molecule has 3 rings (SSSR count). The van der Waals surface area contributed by atoms with E-state index in [1.54, 1.807) is 0 Å². The number of hydrogen-bond donors (Lipinski definition) is 1. The Labute approximate surface area is 145 Å². The fourth-order valence-corrected chi connectivity index (χ4v) is 5.05. The second-order valence-electron chi connectivity index (χ2n) is 5.27. The van der Waals surface area contributed by atoms with Crippen molar-refractivity contribution in [3.8, 4) is 0 Å². The maximum absolute atomic E-state index is 11.9. The second kappa shape index (κ2) is 7.43. The van der Waals surface area contributed by atoms with Gasteiger partial charge in [0.25, 0.3) is 0 Å². The van der Waals surface area contributed by atoms with Gasteiger partial charge < -0.3 is 10.5 Å². The summed E-state index contributed by atoms with van der Waals surface area (Å²) in [7, 11) is 1.42. The van der Waals surface area contributed by atoms with Crippen molar-refractivity contribution < 1.29 is 9.53 Å². The largest absolute Gasteiger partial charge is 0.465 e. The zero-order valence-corrected chi connectivity index (χ0v) is 14.6. The van der Waals surface area contributed by atoms with E-state index in [1.165, 1.54) is 28.7 Å². The number of hydrogen-bond acceptors (Lipinski definition) is 5. The summed E-state index contributed by atoms with van der Waals surface area (Å²) in [6, 6.07) is 14.4. The van der Waals surface area contributed by atoms with Gasteiger partial charge in [-0.1, -0.05) is 24.3 Å². The van der Waals surface area contributed by atoms with Crippen LogP contribution in [0.5, 0.6) is 0 Å². The van der Waals surface area contributed by atoms with Gasteiger partial charge in [-0.3, -0.25) is 0 Å². The van der Waals surface area contributed by atoms with Crippen LogP contribution in [0.3, 0.4) is 0 Å². The standard InChI is InChI=1S/C18H19NO2S2/c1-21-18(20)12-6-7-16-15(10-12)17(22-9-8-19)14-5-3-2-4-13(14)11-23-16/h2-7,10,17H,8-9,11,19H2,1H3. The van der Waals surface area contributed by atoms with E-state index in [0.29, 0.717) is 12.1 Å². The van der Waals surface area contributed by atoms with Crippen LogP contribution in [0.1, 0.15) is 32.3 Å². The molecule has 1 aliphatic heterocycles. The average molecular weight is 345 g/mol. The van der Waals surface area contributed by atoms with Gasteiger partial charge >= 0.3 is 5.97 Å². The first kappa shape index (κ1) is 16.4. The highest BCUT2D eigenvalue weighted by Crippen LogP contribution is 2.46. The number of nitrogens with two attached hydrogens (primary N) is 1. The molecule has 5 heteroatoms. The first-order chi connectivity index (χ1) is 11.2. The molecule has 2 N–H and O–H groups in total. The predicted octanol–water partition coefficient (Wildman–Crippen LogP) is 3.86. The van der Waals surface area contributed by atoms with Gasteiger partial charge in [0.05, 0.1) is 17.9 Å². The average Bonchev–Trinajstić information content (AvgIpc) is 2.75. The van der Waals surface area contributed by atoms with E-state index in [9.17, 15) is 4.79 Å². The fourth-order valence-electron chi connectivity index (χ4n) is 2.74. The summed E-state index contributed by atoms with van der Waals surface area (Å²) >= 11 is 3.65. The number of methoxy groups -OCH3 is 1. The van der Waals surface area contributed by atoms with E-state index in [-0.39, 0.29) is 11.2 Å². The third kappa shape index (κ3) is 3.42. The minimum atomic E-state index is -0.294. The van der Waals surface area contributed by atoms with E-state index < -0.39 is 0 Å². The van der Waals surface area contributed by atoms with Crippen molar-refractivity contribution in [3.05, 3.63) is 64.7 Å². The van der Waals surface area contributed by atoms with Crippen LogP contribution in [0.25, 0.3) is 0 Å². The zero-order chi connectivity index (χ0) is 16.2. The van der Waals surface area contributed by atoms with Gasteiger partial charge in [0.1, 0.15) is 0 Å². The summed E-state index contributed by atoms with van der Waals surface area (Å²) in [5, 5.41) is 0.198. The number of carbonyl (C=O) groups is 1. The summed E-state index contributed by atoms with van der Waals surface area (Å²) < 4.78 is 4.87. The molecule has 2 aromatic rings. The molecule has 120 valence electrons. The maximum Gasteiger partial charge on any atom is 0.337 e. The Morgan fingerprint density at radius 3 is 2.91 bits per heavy atom. The Morgan fingerprint density at radius 1 is 1.30 bits per heavy atom. The van der Waals surface area contributed by atoms with Crippen LogP contribution in [0, 0.1) is 0 Å². The molecule has 0 aromatic heterocycles. The molecule has 0 saturated heterocycles. The Bertz CT molecular complexity index is 718. The molecule has 0 saturated carbocycles. The number of thioether (sulfide) groups is 2. The minimum Gasteiger partial charge on any atom is -0.465 e. The predicted molar refractivity (Wildman–Crippen MR) is 97.1 cm³/mol. The highest BCUT2D eigenvalue weighted by Gasteiger charge is 2.25. The molecular weight excluding hydrogens is 326 g/mol. The van der Waals surface area contributed by atoms with Crippen molar-refractivity contribution in [2.45, 2.75) is 15.9 Å². The molecule has 0 bridgehead atoms. The second-order valence-corrected chi connectivity index (χ2v) is 7.50. The smallest absolute Gasteiger partial charge is 0.337 e. The fraction of sp³-hybridized carbons (Fsp3) is 0.278. The number of fused-ring (bicyclic) bond motifs is 2. The van der Waals surface area contributed by atoms with Crippen LogP contribution in [0.4, 0.5) is 0 Å². The molecule has 0 fully saturated rings. The molecular formula is C18H19NO2S2. The van der Waals surface area contributed by atoms with Crippen LogP contribution >= 0.6 is 23.5 Å². The summed E-state index contributed by atoms with van der Waals surface area (Å²) in [4.78, 5) is 13.1. The first-order valence-electron chi connectivity index (χ1n) is 7.49. The highest BCUT2D eigenvalue weighted by atomic mass is 32.2. The van der Waals surface area contributed by atoms with Crippen molar-refractivity contribution in [2.24, 2.45) is 5.73 Å². The van der Waals surface area contributed by atoms with Crippen LogP contribution < -0.4 is 5.73 Å². The van der Waals surface area contributed by atoms with E-state index in [4.69, 9.17) is 10.5 Å². The van der Waals surface area contributed by atoms with Crippen molar-refractivity contribution in [1.82, 2.24) is 0 Å². The third-order valence-electron chi connectivity index (χ3n) is 3.84. The number of ether oxygens (including phenoxy) is 1. The van der Waals surface area contributed by atoms with Gasteiger partial charge in [-0.05, 0) is 34.9 Å². The van der Waals surface area contributed by atoms with Gasteiger partial charge in [0.2, 0.25) is 0 Å². The van der Waals surface area contributed by atoms with Crippen molar-refractivity contribution in [1.29, 1.82) is 0 Å². The Kier molecular flexibility index (Phi) is 5.30. The molecule has 1 aliphatic rings. The Hall–Kier alpha value is -1.43. The monoisotopic (exact) mass is 345 g/mol. The normalized spacial score (nSPS) is 16.2. The molecule has 1 unspecified atom stereocenters. The molecule has 1 atom stereocenters. The van der Waals surface area contributed by atoms with Gasteiger partial charge in [0, 0.05) is 22.9 Å². The lowest BCUT2D eigenvalue weighted by molar-refractivity contribution is 0.0600. The van der Waals surface area contributed by atoms with E-state index in [2.05, 4.69) is 24.3 Å². The summed E-state index contributed by atoms with van der Waals surface area (Å²) in [5.41, 5.74) is 10.2. The van der Waals surface area contributed by atoms with E-state index >= 15 is 0 Å². The van der Waals surface area contributed by atoms with Crippen molar-refractivity contribution in [3.63, 3.8) is 0 Å². The number of rotatable bonds is 4.